The van der Waals surface area contributed by atoms with Crippen LogP contribution in [0.15, 0.2) is 12.2 Å². The van der Waals surface area contributed by atoms with E-state index in [9.17, 15) is 4.79 Å². The molecule has 3 heteroatoms. The van der Waals surface area contributed by atoms with E-state index in [0.29, 0.717) is 5.92 Å². The van der Waals surface area contributed by atoms with E-state index < -0.39 is 6.10 Å². The van der Waals surface area contributed by atoms with Crippen LogP contribution in [0.2, 0.25) is 0 Å². The van der Waals surface area contributed by atoms with Gasteiger partial charge in [0.05, 0.1) is 12.0 Å². The molecule has 0 radical (unpaired) electrons. The van der Waals surface area contributed by atoms with E-state index in [2.05, 4.69) is 0 Å². The normalized spacial score (nSPS) is 41.0. The first kappa shape index (κ1) is 9.87. The highest BCUT2D eigenvalue weighted by molar-refractivity contribution is 5.88. The SMILES string of the molecule is CO[C@@H]1C(=O)[C@H](C(C)C)[C@@H]2C=C[C@H]1O2. The van der Waals surface area contributed by atoms with Gasteiger partial charge in [0.2, 0.25) is 0 Å². The number of carbonyl (C=O) groups excluding carboxylic acids is 1. The Balaban J connectivity index is 2.26. The van der Waals surface area contributed by atoms with Crippen LogP contribution in [0, 0.1) is 11.8 Å². The van der Waals surface area contributed by atoms with Gasteiger partial charge < -0.3 is 9.47 Å². The Kier molecular flexibility index (Phi) is 2.45. The zero-order chi connectivity index (χ0) is 10.3. The Bertz CT molecular complexity index is 270. The van der Waals surface area contributed by atoms with Gasteiger partial charge in [-0.25, -0.2) is 0 Å². The molecule has 0 saturated carbocycles. The van der Waals surface area contributed by atoms with Gasteiger partial charge in [0.15, 0.2) is 5.78 Å². The fraction of sp³-hybridized carbons (Fsp3) is 0.727. The Morgan fingerprint density at radius 2 is 2.00 bits per heavy atom. The molecule has 4 atom stereocenters. The number of rotatable bonds is 2. The molecule has 3 nitrogen and oxygen atoms in total. The van der Waals surface area contributed by atoms with E-state index in [1.54, 1.807) is 7.11 Å². The third-order valence-electron chi connectivity index (χ3n) is 3.04. The van der Waals surface area contributed by atoms with Crippen LogP contribution >= 0.6 is 0 Å². The van der Waals surface area contributed by atoms with Gasteiger partial charge in [0.25, 0.3) is 0 Å². The fourth-order valence-corrected chi connectivity index (χ4v) is 2.34. The molecule has 0 aliphatic carbocycles. The number of hydrogen-bond acceptors (Lipinski definition) is 3. The van der Waals surface area contributed by atoms with Crippen LogP contribution in [0.25, 0.3) is 0 Å². The molecule has 0 aromatic heterocycles. The van der Waals surface area contributed by atoms with Crippen LogP contribution in [-0.2, 0) is 14.3 Å². The van der Waals surface area contributed by atoms with Crippen molar-refractivity contribution in [3.8, 4) is 0 Å². The van der Waals surface area contributed by atoms with Crippen molar-refractivity contribution in [3.63, 3.8) is 0 Å². The molecular formula is C11H16O3. The lowest BCUT2D eigenvalue weighted by Gasteiger charge is -2.35. The van der Waals surface area contributed by atoms with Crippen molar-refractivity contribution >= 4 is 5.78 Å². The molecule has 0 amide bonds. The average Bonchev–Trinajstić information content (AvgIpc) is 2.50. The molecule has 0 aromatic rings. The molecular weight excluding hydrogens is 180 g/mol. The number of carbonyl (C=O) groups is 1. The minimum absolute atomic E-state index is 0.0288. The lowest BCUT2D eigenvalue weighted by atomic mass is 9.83. The lowest BCUT2D eigenvalue weighted by molar-refractivity contribution is -0.161. The summed E-state index contributed by atoms with van der Waals surface area (Å²) in [5.74, 6) is 0.442. The highest BCUT2D eigenvalue weighted by Gasteiger charge is 2.47. The van der Waals surface area contributed by atoms with Crippen molar-refractivity contribution in [2.75, 3.05) is 7.11 Å². The first-order chi connectivity index (χ1) is 6.65. The van der Waals surface area contributed by atoms with Crippen molar-refractivity contribution in [3.05, 3.63) is 12.2 Å². The van der Waals surface area contributed by atoms with Gasteiger partial charge in [-0.15, -0.1) is 0 Å². The monoisotopic (exact) mass is 196 g/mol. The predicted octanol–water partition coefficient (Wildman–Crippen LogP) is 1.18. The molecule has 2 aliphatic heterocycles. The van der Waals surface area contributed by atoms with Gasteiger partial charge in [-0.1, -0.05) is 26.0 Å². The molecule has 0 spiro atoms. The number of hydrogen-bond donors (Lipinski definition) is 0. The van der Waals surface area contributed by atoms with Gasteiger partial charge in [-0.3, -0.25) is 4.79 Å². The van der Waals surface area contributed by atoms with Gasteiger partial charge >= 0.3 is 0 Å². The number of ether oxygens (including phenoxy) is 2. The topological polar surface area (TPSA) is 35.5 Å². The van der Waals surface area contributed by atoms with E-state index in [4.69, 9.17) is 9.47 Å². The number of fused-ring (bicyclic) bond motifs is 2. The first-order valence-corrected chi connectivity index (χ1v) is 5.05. The summed E-state index contributed by atoms with van der Waals surface area (Å²) in [4.78, 5) is 12.0. The van der Waals surface area contributed by atoms with Crippen LogP contribution in [-0.4, -0.2) is 31.2 Å². The summed E-state index contributed by atoms with van der Waals surface area (Å²) >= 11 is 0. The minimum atomic E-state index is -0.405. The third-order valence-corrected chi connectivity index (χ3v) is 3.04. The zero-order valence-corrected chi connectivity index (χ0v) is 8.77. The molecule has 2 rings (SSSR count). The Hall–Kier alpha value is -0.670. The maximum Gasteiger partial charge on any atom is 0.170 e. The molecule has 2 bridgehead atoms. The standard InChI is InChI=1S/C11H16O3/c1-6(2)9-7-4-5-8(14-7)11(13-3)10(9)12/h4-9,11H,1-3H3/t7-,8+,9+,11-/m0/s1. The average molecular weight is 196 g/mol. The maximum atomic E-state index is 12.0. The van der Waals surface area contributed by atoms with E-state index in [1.165, 1.54) is 0 Å². The molecule has 0 unspecified atom stereocenters. The first-order valence-electron chi connectivity index (χ1n) is 5.05. The van der Waals surface area contributed by atoms with Gasteiger partial charge in [0, 0.05) is 7.11 Å². The molecule has 0 aromatic carbocycles. The Morgan fingerprint density at radius 3 is 2.57 bits per heavy atom. The molecule has 0 N–H and O–H groups in total. The zero-order valence-electron chi connectivity index (χ0n) is 8.77. The second kappa shape index (κ2) is 3.48. The lowest BCUT2D eigenvalue weighted by Crippen LogP contribution is -2.50. The van der Waals surface area contributed by atoms with E-state index in [0.717, 1.165) is 0 Å². The smallest absolute Gasteiger partial charge is 0.170 e. The predicted molar refractivity (Wildman–Crippen MR) is 51.9 cm³/mol. The van der Waals surface area contributed by atoms with Crippen LogP contribution in [0.4, 0.5) is 0 Å². The molecule has 1 fully saturated rings. The number of ketones is 1. The van der Waals surface area contributed by atoms with Crippen molar-refractivity contribution in [2.45, 2.75) is 32.2 Å². The van der Waals surface area contributed by atoms with E-state index in [-0.39, 0.29) is 23.9 Å². The summed E-state index contributed by atoms with van der Waals surface area (Å²) in [7, 11) is 1.57. The molecule has 1 saturated heterocycles. The molecule has 2 aliphatic rings. The Labute approximate surface area is 84.1 Å². The Morgan fingerprint density at radius 1 is 1.36 bits per heavy atom. The summed E-state index contributed by atoms with van der Waals surface area (Å²) in [6.07, 6.45) is 3.34. The number of Topliss-reactive ketones (excluding diaryl/α,β-unsaturated/α-hetero) is 1. The number of methoxy groups -OCH3 is 1. The summed E-state index contributed by atoms with van der Waals surface area (Å²) in [5.41, 5.74) is 0. The summed E-state index contributed by atoms with van der Waals surface area (Å²) in [5, 5.41) is 0. The quantitative estimate of drug-likeness (QED) is 0.622. The van der Waals surface area contributed by atoms with Gasteiger partial charge in [-0.2, -0.15) is 0 Å². The maximum absolute atomic E-state index is 12.0. The third kappa shape index (κ3) is 1.31. The second-order valence-corrected chi connectivity index (χ2v) is 4.28. The largest absolute Gasteiger partial charge is 0.371 e. The highest BCUT2D eigenvalue weighted by atomic mass is 16.6. The highest BCUT2D eigenvalue weighted by Crippen LogP contribution is 2.34. The van der Waals surface area contributed by atoms with Crippen molar-refractivity contribution in [1.82, 2.24) is 0 Å². The van der Waals surface area contributed by atoms with Crippen LogP contribution in [0.1, 0.15) is 13.8 Å². The van der Waals surface area contributed by atoms with E-state index in [1.807, 2.05) is 26.0 Å². The van der Waals surface area contributed by atoms with Crippen molar-refractivity contribution in [1.29, 1.82) is 0 Å². The molecule has 14 heavy (non-hydrogen) atoms. The van der Waals surface area contributed by atoms with Gasteiger partial charge in [0.1, 0.15) is 12.2 Å². The summed E-state index contributed by atoms with van der Waals surface area (Å²) < 4.78 is 10.9. The van der Waals surface area contributed by atoms with Crippen LogP contribution < -0.4 is 0 Å². The van der Waals surface area contributed by atoms with Crippen LogP contribution in [0.3, 0.4) is 0 Å². The van der Waals surface area contributed by atoms with Crippen molar-refractivity contribution in [2.24, 2.45) is 11.8 Å². The van der Waals surface area contributed by atoms with Crippen molar-refractivity contribution < 1.29 is 14.3 Å². The summed E-state index contributed by atoms with van der Waals surface area (Å²) in [6, 6.07) is 0. The van der Waals surface area contributed by atoms with Crippen LogP contribution in [0.5, 0.6) is 0 Å². The second-order valence-electron chi connectivity index (χ2n) is 4.28. The summed E-state index contributed by atoms with van der Waals surface area (Å²) in [6.45, 7) is 4.09. The fourth-order valence-electron chi connectivity index (χ4n) is 2.34. The van der Waals surface area contributed by atoms with E-state index >= 15 is 0 Å². The molecule has 2 heterocycles. The molecule has 78 valence electrons. The minimum Gasteiger partial charge on any atom is -0.371 e. The van der Waals surface area contributed by atoms with Gasteiger partial charge in [-0.05, 0) is 5.92 Å².